The van der Waals surface area contributed by atoms with Gasteiger partial charge in [-0.3, -0.25) is 37.3 Å². The predicted molar refractivity (Wildman–Crippen MR) is 409 cm³/mol. The van der Waals surface area contributed by atoms with Crippen LogP contribution in [-0.2, 0) is 65.4 Å². The largest absolute Gasteiger partial charge is 0.472 e. The average molecular weight is 1470 g/mol. The van der Waals surface area contributed by atoms with Gasteiger partial charge in [-0.15, -0.1) is 0 Å². The Kier molecular flexibility index (Phi) is 68.7. The van der Waals surface area contributed by atoms with Gasteiger partial charge >= 0.3 is 39.5 Å². The molecular weight excluding hydrogens is 1310 g/mol. The molecule has 100 heavy (non-hydrogen) atoms. The van der Waals surface area contributed by atoms with Gasteiger partial charge in [-0.05, 0) is 49.4 Å². The highest BCUT2D eigenvalue weighted by molar-refractivity contribution is 7.47. The molecule has 0 saturated carbocycles. The van der Waals surface area contributed by atoms with E-state index in [1.165, 1.54) is 218 Å². The molecule has 3 N–H and O–H groups in total. The van der Waals surface area contributed by atoms with Gasteiger partial charge in [0.15, 0.2) is 12.2 Å². The van der Waals surface area contributed by atoms with Gasteiger partial charge in [0, 0.05) is 25.7 Å². The fourth-order valence-corrected chi connectivity index (χ4v) is 13.9. The monoisotopic (exact) mass is 1470 g/mol. The molecule has 0 aromatic carbocycles. The number of hydrogen-bond donors (Lipinski definition) is 3. The van der Waals surface area contributed by atoms with E-state index in [4.69, 9.17) is 37.0 Å². The number of aliphatic hydroxyl groups is 1. The number of phosphoric ester groups is 2. The maximum absolute atomic E-state index is 13.1. The van der Waals surface area contributed by atoms with Gasteiger partial charge in [0.2, 0.25) is 0 Å². The standard InChI is InChI=1S/C81H158O17P2/c1-9-73(7)59-51-43-35-27-22-24-28-37-45-53-61-78(83)91-67-76(97-80(85)63-55-47-39-29-20-18-16-14-12-11-13-15-17-19-25-33-41-49-57-71(3)4)69-95-99(87,88)93-65-75(82)66-94-100(89,90)96-70-77(68-92-79(84)62-54-46-38-32-31-36-44-52-60-74(8)10-2)98-81(86)64-56-48-40-30-23-21-26-34-42-50-58-72(5)6/h71-77,82H,9-70H2,1-8H3,(H,87,88)(H,89,90)/t73?,74?,75-,76-,77-/m1/s1. The smallest absolute Gasteiger partial charge is 0.462 e. The number of phosphoric acid groups is 2. The Morgan fingerprint density at radius 3 is 0.710 bits per heavy atom. The summed E-state index contributed by atoms with van der Waals surface area (Å²) in [6.07, 6.45) is 56.8. The van der Waals surface area contributed by atoms with E-state index in [1.54, 1.807) is 0 Å². The fourth-order valence-electron chi connectivity index (χ4n) is 12.4. The Bertz CT molecular complexity index is 1960. The molecule has 4 unspecified atom stereocenters. The van der Waals surface area contributed by atoms with Gasteiger partial charge < -0.3 is 33.8 Å². The molecule has 0 aliphatic rings. The third-order valence-corrected chi connectivity index (χ3v) is 21.4. The summed E-state index contributed by atoms with van der Waals surface area (Å²) in [7, 11) is -9.92. The Labute approximate surface area is 613 Å². The van der Waals surface area contributed by atoms with Gasteiger partial charge in [0.25, 0.3) is 0 Å². The molecule has 0 saturated heterocycles. The van der Waals surface area contributed by atoms with E-state index < -0.39 is 97.5 Å². The summed E-state index contributed by atoms with van der Waals surface area (Å²) >= 11 is 0. The van der Waals surface area contributed by atoms with Crippen LogP contribution in [0, 0.1) is 23.7 Å². The number of carbonyl (C=O) groups excluding carboxylic acids is 4. The summed E-state index contributed by atoms with van der Waals surface area (Å²) in [5, 5.41) is 10.6. The Balaban J connectivity index is 5.24. The summed E-state index contributed by atoms with van der Waals surface area (Å²) in [6, 6.07) is 0. The number of ether oxygens (including phenoxy) is 4. The van der Waals surface area contributed by atoms with E-state index >= 15 is 0 Å². The average Bonchev–Trinajstić information content (AvgIpc) is 0.921. The number of hydrogen-bond acceptors (Lipinski definition) is 15. The summed E-state index contributed by atoms with van der Waals surface area (Å²) in [5.41, 5.74) is 0. The van der Waals surface area contributed by atoms with E-state index in [9.17, 15) is 43.2 Å². The second-order valence-corrected chi connectivity index (χ2v) is 33.5. The van der Waals surface area contributed by atoms with Gasteiger partial charge in [0.05, 0.1) is 26.4 Å². The summed E-state index contributed by atoms with van der Waals surface area (Å²) in [5.74, 6) is 1.04. The van der Waals surface area contributed by atoms with Crippen molar-refractivity contribution in [3.05, 3.63) is 0 Å². The molecule has 7 atom stereocenters. The lowest BCUT2D eigenvalue weighted by Gasteiger charge is -2.21. The van der Waals surface area contributed by atoms with Crippen molar-refractivity contribution in [1.29, 1.82) is 0 Å². The third-order valence-electron chi connectivity index (χ3n) is 19.5. The van der Waals surface area contributed by atoms with Crippen molar-refractivity contribution >= 4 is 39.5 Å². The minimum absolute atomic E-state index is 0.105. The van der Waals surface area contributed by atoms with E-state index in [0.717, 1.165) is 114 Å². The van der Waals surface area contributed by atoms with Crippen LogP contribution in [0.25, 0.3) is 0 Å². The summed E-state index contributed by atoms with van der Waals surface area (Å²) in [6.45, 7) is 14.3. The van der Waals surface area contributed by atoms with Crippen molar-refractivity contribution in [2.75, 3.05) is 39.6 Å². The molecule has 17 nitrogen and oxygen atoms in total. The van der Waals surface area contributed by atoms with Crippen LogP contribution in [-0.4, -0.2) is 96.7 Å². The predicted octanol–water partition coefficient (Wildman–Crippen LogP) is 24.0. The minimum Gasteiger partial charge on any atom is -0.462 e. The molecule has 0 fully saturated rings. The molecule has 0 aliphatic heterocycles. The van der Waals surface area contributed by atoms with Crippen LogP contribution in [0.5, 0.6) is 0 Å². The van der Waals surface area contributed by atoms with Crippen LogP contribution >= 0.6 is 15.6 Å². The van der Waals surface area contributed by atoms with Gasteiger partial charge in [0.1, 0.15) is 19.3 Å². The van der Waals surface area contributed by atoms with Gasteiger partial charge in [-0.1, -0.05) is 364 Å². The van der Waals surface area contributed by atoms with Crippen molar-refractivity contribution in [2.24, 2.45) is 23.7 Å². The number of aliphatic hydroxyl groups excluding tert-OH is 1. The molecule has 0 amide bonds. The molecule has 0 aromatic heterocycles. The molecule has 0 aliphatic carbocycles. The van der Waals surface area contributed by atoms with Crippen molar-refractivity contribution in [2.45, 2.75) is 433 Å². The van der Waals surface area contributed by atoms with Crippen LogP contribution < -0.4 is 0 Å². The maximum atomic E-state index is 13.1. The first-order chi connectivity index (χ1) is 48.2. The molecule has 0 radical (unpaired) electrons. The molecule has 19 heteroatoms. The number of carbonyl (C=O) groups is 4. The van der Waals surface area contributed by atoms with Crippen LogP contribution in [0.15, 0.2) is 0 Å². The Morgan fingerprint density at radius 1 is 0.280 bits per heavy atom. The lowest BCUT2D eigenvalue weighted by Crippen LogP contribution is -2.30. The third kappa shape index (κ3) is 71.7. The molecule has 0 spiro atoms. The van der Waals surface area contributed by atoms with Crippen LogP contribution in [0.3, 0.4) is 0 Å². The number of esters is 4. The minimum atomic E-state index is -4.96. The normalized spacial score (nSPS) is 14.6. The van der Waals surface area contributed by atoms with Crippen LogP contribution in [0.1, 0.15) is 415 Å². The van der Waals surface area contributed by atoms with Crippen LogP contribution in [0.4, 0.5) is 0 Å². The Morgan fingerprint density at radius 2 is 0.480 bits per heavy atom. The zero-order chi connectivity index (χ0) is 73.8. The van der Waals surface area contributed by atoms with Gasteiger partial charge in [-0.25, -0.2) is 9.13 Å². The first-order valence-electron chi connectivity index (χ1n) is 41.8. The summed E-state index contributed by atoms with van der Waals surface area (Å²) in [4.78, 5) is 73.0. The lowest BCUT2D eigenvalue weighted by atomic mass is 9.99. The second-order valence-electron chi connectivity index (χ2n) is 30.6. The van der Waals surface area contributed by atoms with Crippen molar-refractivity contribution < 1.29 is 80.2 Å². The topological polar surface area (TPSA) is 237 Å². The molecule has 594 valence electrons. The zero-order valence-electron chi connectivity index (χ0n) is 65.8. The summed E-state index contributed by atoms with van der Waals surface area (Å²) < 4.78 is 68.7. The highest BCUT2D eigenvalue weighted by atomic mass is 31.2. The molecule has 0 bridgehead atoms. The van der Waals surface area contributed by atoms with E-state index in [2.05, 4.69) is 55.4 Å². The fraction of sp³-hybridized carbons (Fsp3) is 0.951. The molecule has 0 heterocycles. The molecule has 0 aromatic rings. The Hall–Kier alpha value is -1.94. The first-order valence-corrected chi connectivity index (χ1v) is 44.8. The van der Waals surface area contributed by atoms with Crippen LogP contribution in [0.2, 0.25) is 0 Å². The van der Waals surface area contributed by atoms with E-state index in [0.29, 0.717) is 25.7 Å². The lowest BCUT2D eigenvalue weighted by molar-refractivity contribution is -0.161. The maximum Gasteiger partial charge on any atom is 0.472 e. The zero-order valence-corrected chi connectivity index (χ0v) is 67.6. The number of rotatable bonds is 78. The highest BCUT2D eigenvalue weighted by Crippen LogP contribution is 2.45. The van der Waals surface area contributed by atoms with Crippen molar-refractivity contribution in [3.63, 3.8) is 0 Å². The van der Waals surface area contributed by atoms with E-state index in [1.807, 2.05) is 0 Å². The first kappa shape index (κ1) is 98.1. The highest BCUT2D eigenvalue weighted by Gasteiger charge is 2.30. The molecule has 0 rings (SSSR count). The number of unbranched alkanes of at least 4 members (excludes halogenated alkanes) is 42. The second kappa shape index (κ2) is 70.1. The van der Waals surface area contributed by atoms with Crippen molar-refractivity contribution in [1.82, 2.24) is 0 Å². The van der Waals surface area contributed by atoms with E-state index in [-0.39, 0.29) is 25.7 Å². The van der Waals surface area contributed by atoms with Crippen molar-refractivity contribution in [3.8, 4) is 0 Å². The SMILES string of the molecule is CCC(C)CCCCCCCCCCCCC(=O)OC[C@H](COP(=O)(O)OC[C@@H](O)COP(=O)(O)OC[C@@H](COC(=O)CCCCCCCCCCC(C)CC)OC(=O)CCCCCCCCCCCCC(C)C)OC(=O)CCCCCCCCCCCCCCCCCCCCC(C)C. The molecular formula is C81H158O17P2. The quantitative estimate of drug-likeness (QED) is 0.0222. The van der Waals surface area contributed by atoms with Gasteiger partial charge in [-0.2, -0.15) is 0 Å².